The molecule has 2 aromatic heterocycles. The van der Waals surface area contributed by atoms with E-state index in [4.69, 9.17) is 9.97 Å². The zero-order valence-electron chi connectivity index (χ0n) is 18.7. The second-order valence-electron chi connectivity index (χ2n) is 8.92. The monoisotopic (exact) mass is 445 g/mol. The van der Waals surface area contributed by atoms with Crippen molar-refractivity contribution in [1.82, 2.24) is 15.3 Å². The van der Waals surface area contributed by atoms with Crippen LogP contribution in [0.25, 0.3) is 20.9 Å². The number of hydrogen-bond donors (Lipinski definition) is 1. The topological polar surface area (TPSA) is 37.8 Å². The van der Waals surface area contributed by atoms with Gasteiger partial charge in [0.15, 0.2) is 0 Å². The summed E-state index contributed by atoms with van der Waals surface area (Å²) in [6, 6.07) is 20.7. The molecule has 0 aliphatic heterocycles. The molecule has 2 aromatic carbocycles. The van der Waals surface area contributed by atoms with Gasteiger partial charge in [-0.05, 0) is 68.5 Å². The number of thiazole rings is 1. The Kier molecular flexibility index (Phi) is 5.56. The van der Waals surface area contributed by atoms with E-state index >= 15 is 4.39 Å². The highest BCUT2D eigenvalue weighted by molar-refractivity contribution is 7.21. The number of halogens is 1. The summed E-state index contributed by atoms with van der Waals surface area (Å²) in [5, 5.41) is 4.19. The number of aromatic nitrogens is 2. The molecule has 1 aliphatic rings. The van der Waals surface area contributed by atoms with E-state index in [2.05, 4.69) is 56.4 Å². The molecule has 3 nitrogen and oxygen atoms in total. The molecule has 4 aromatic rings. The molecule has 2 heterocycles. The van der Waals surface area contributed by atoms with Gasteiger partial charge in [-0.3, -0.25) is 0 Å². The van der Waals surface area contributed by atoms with Gasteiger partial charge in [-0.25, -0.2) is 14.4 Å². The van der Waals surface area contributed by atoms with Gasteiger partial charge in [-0.2, -0.15) is 0 Å². The van der Waals surface area contributed by atoms with E-state index in [1.165, 1.54) is 16.9 Å². The van der Waals surface area contributed by atoms with Gasteiger partial charge in [-0.1, -0.05) is 54.7 Å². The number of nitrogens with zero attached hydrogens (tertiary/aromatic N) is 2. The molecular formula is C27H28FN3S. The zero-order chi connectivity index (χ0) is 22.3. The lowest BCUT2D eigenvalue weighted by Gasteiger charge is -2.19. The van der Waals surface area contributed by atoms with E-state index in [0.717, 1.165) is 40.9 Å². The maximum atomic E-state index is 15.1. The molecule has 0 saturated heterocycles. The Balaban J connectivity index is 1.45. The second kappa shape index (κ2) is 8.38. The van der Waals surface area contributed by atoms with Crippen LogP contribution >= 0.6 is 11.3 Å². The first-order chi connectivity index (χ1) is 15.5. The van der Waals surface area contributed by atoms with Crippen LogP contribution < -0.4 is 5.32 Å². The minimum Gasteiger partial charge on any atom is -0.308 e. The summed E-state index contributed by atoms with van der Waals surface area (Å²) >= 11 is 1.47. The minimum atomic E-state index is -0.234. The number of benzene rings is 2. The van der Waals surface area contributed by atoms with E-state index < -0.39 is 0 Å². The fourth-order valence-electron chi connectivity index (χ4n) is 4.39. The predicted molar refractivity (Wildman–Crippen MR) is 131 cm³/mol. The highest BCUT2D eigenvalue weighted by Crippen LogP contribution is 2.53. The largest absolute Gasteiger partial charge is 0.308 e. The Morgan fingerprint density at radius 3 is 2.50 bits per heavy atom. The normalized spacial score (nSPS) is 16.8. The van der Waals surface area contributed by atoms with Crippen LogP contribution in [0.1, 0.15) is 62.9 Å². The molecular weight excluding hydrogens is 417 g/mol. The summed E-state index contributed by atoms with van der Waals surface area (Å²) in [5.74, 6) is -0.234. The molecule has 1 saturated carbocycles. The first kappa shape index (κ1) is 21.2. The minimum absolute atomic E-state index is 0.0191. The molecule has 32 heavy (non-hydrogen) atoms. The van der Waals surface area contributed by atoms with Crippen molar-refractivity contribution in [1.29, 1.82) is 0 Å². The number of nitrogens with one attached hydrogen (secondary N) is 1. The number of rotatable bonds is 7. The van der Waals surface area contributed by atoms with Crippen LogP contribution in [-0.4, -0.2) is 16.0 Å². The molecule has 0 radical (unpaired) electrons. The summed E-state index contributed by atoms with van der Waals surface area (Å²) in [6.07, 6.45) is 3.26. The predicted octanol–water partition coefficient (Wildman–Crippen LogP) is 7.03. The smallest absolute Gasteiger partial charge is 0.144 e. The van der Waals surface area contributed by atoms with Crippen molar-refractivity contribution in [2.75, 3.05) is 0 Å². The van der Waals surface area contributed by atoms with Crippen molar-refractivity contribution in [3.05, 3.63) is 83.3 Å². The zero-order valence-corrected chi connectivity index (χ0v) is 19.5. The van der Waals surface area contributed by atoms with Crippen LogP contribution in [0.5, 0.6) is 0 Å². The standard InChI is InChI=1S/C27H28FN3S/c1-4-17(2)29-18(3)19-10-11-21(22(28)16-19)25-30-23-12-13-24(31-26(23)32-25)27(14-15-27)20-8-6-5-7-9-20/h5-13,16-18,29H,4,14-15H2,1-3H3/t17-,18+/m0/s1. The molecule has 5 heteroatoms. The van der Waals surface area contributed by atoms with Gasteiger partial charge in [0.1, 0.15) is 21.2 Å². The van der Waals surface area contributed by atoms with Crippen LogP contribution in [0.15, 0.2) is 60.7 Å². The van der Waals surface area contributed by atoms with Gasteiger partial charge >= 0.3 is 0 Å². The molecule has 5 rings (SSSR count). The molecule has 0 unspecified atom stereocenters. The maximum Gasteiger partial charge on any atom is 0.144 e. The SMILES string of the molecule is CC[C@H](C)N[C@H](C)c1ccc(-c2nc3ccc(C4(c5ccccc5)CC4)nc3s2)c(F)c1. The van der Waals surface area contributed by atoms with Crippen molar-refractivity contribution in [3.63, 3.8) is 0 Å². The highest BCUT2D eigenvalue weighted by Gasteiger charge is 2.47. The van der Waals surface area contributed by atoms with Crippen LogP contribution in [0.3, 0.4) is 0 Å². The van der Waals surface area contributed by atoms with E-state index in [9.17, 15) is 0 Å². The lowest BCUT2D eigenvalue weighted by molar-refractivity contribution is 0.467. The Bertz CT molecular complexity index is 1250. The van der Waals surface area contributed by atoms with Crippen molar-refractivity contribution >= 4 is 21.7 Å². The quantitative estimate of drug-likeness (QED) is 0.332. The third kappa shape index (κ3) is 3.84. The number of hydrogen-bond acceptors (Lipinski definition) is 4. The van der Waals surface area contributed by atoms with E-state index in [-0.39, 0.29) is 17.3 Å². The molecule has 1 N–H and O–H groups in total. The fourth-order valence-corrected chi connectivity index (χ4v) is 5.35. The summed E-state index contributed by atoms with van der Waals surface area (Å²) in [4.78, 5) is 10.5. The molecule has 0 amide bonds. The van der Waals surface area contributed by atoms with E-state index in [0.29, 0.717) is 16.6 Å². The molecule has 0 spiro atoms. The van der Waals surface area contributed by atoms with E-state index in [1.54, 1.807) is 6.07 Å². The third-order valence-corrected chi connectivity index (χ3v) is 7.69. The van der Waals surface area contributed by atoms with Gasteiger partial charge in [0, 0.05) is 23.1 Å². The van der Waals surface area contributed by atoms with Gasteiger partial charge in [0.05, 0.1) is 5.69 Å². The molecule has 2 atom stereocenters. The second-order valence-corrected chi connectivity index (χ2v) is 9.90. The first-order valence-electron chi connectivity index (χ1n) is 11.4. The lowest BCUT2D eigenvalue weighted by atomic mass is 9.92. The Morgan fingerprint density at radius 2 is 1.81 bits per heavy atom. The van der Waals surface area contributed by atoms with Crippen molar-refractivity contribution in [3.8, 4) is 10.6 Å². The van der Waals surface area contributed by atoms with Crippen LogP contribution in [0.4, 0.5) is 4.39 Å². The van der Waals surface area contributed by atoms with Crippen molar-refractivity contribution in [2.24, 2.45) is 0 Å². The first-order valence-corrected chi connectivity index (χ1v) is 12.2. The van der Waals surface area contributed by atoms with Gasteiger partial charge in [0.2, 0.25) is 0 Å². The molecule has 1 aliphatic carbocycles. The van der Waals surface area contributed by atoms with Crippen molar-refractivity contribution < 1.29 is 4.39 Å². The molecule has 1 fully saturated rings. The van der Waals surface area contributed by atoms with Gasteiger partial charge in [-0.15, -0.1) is 0 Å². The summed E-state index contributed by atoms with van der Waals surface area (Å²) < 4.78 is 15.1. The summed E-state index contributed by atoms with van der Waals surface area (Å²) in [5.41, 5.74) is 4.74. The van der Waals surface area contributed by atoms with Crippen LogP contribution in [0.2, 0.25) is 0 Å². The van der Waals surface area contributed by atoms with Gasteiger partial charge in [0.25, 0.3) is 0 Å². The maximum absolute atomic E-state index is 15.1. The number of pyridine rings is 1. The Labute approximate surface area is 192 Å². The average molecular weight is 446 g/mol. The highest BCUT2D eigenvalue weighted by atomic mass is 32.1. The van der Waals surface area contributed by atoms with Gasteiger partial charge < -0.3 is 5.32 Å². The fraction of sp³-hybridized carbons (Fsp3) is 0.333. The Morgan fingerprint density at radius 1 is 1.03 bits per heavy atom. The molecule has 0 bridgehead atoms. The Hall–Kier alpha value is -2.63. The van der Waals surface area contributed by atoms with E-state index in [1.807, 2.05) is 24.3 Å². The number of fused-ring (bicyclic) bond motifs is 1. The average Bonchev–Trinajstić information content (AvgIpc) is 3.52. The van der Waals surface area contributed by atoms with Crippen LogP contribution in [-0.2, 0) is 5.41 Å². The van der Waals surface area contributed by atoms with Crippen LogP contribution in [0, 0.1) is 5.82 Å². The third-order valence-electron chi connectivity index (χ3n) is 6.69. The summed E-state index contributed by atoms with van der Waals surface area (Å²) in [7, 11) is 0. The van der Waals surface area contributed by atoms with Crippen molar-refractivity contribution in [2.45, 2.75) is 57.5 Å². The summed E-state index contributed by atoms with van der Waals surface area (Å²) in [6.45, 7) is 6.36. The molecule has 164 valence electrons. The lowest BCUT2D eigenvalue weighted by Crippen LogP contribution is -2.28.